The van der Waals surface area contributed by atoms with Crippen LogP contribution in [0.25, 0.3) is 0 Å². The van der Waals surface area contributed by atoms with Gasteiger partial charge >= 0.3 is 5.97 Å². The first kappa shape index (κ1) is 12.2. The molecule has 0 aliphatic carbocycles. The summed E-state index contributed by atoms with van der Waals surface area (Å²) in [4.78, 5) is 21.1. The molecular weight excluding hydrogens is 238 g/mol. The molecule has 5 nitrogen and oxygen atoms in total. The van der Waals surface area contributed by atoms with Crippen LogP contribution in [0.4, 0.5) is 5.82 Å². The molecule has 1 fully saturated rings. The Bertz CT molecular complexity index is 427. The van der Waals surface area contributed by atoms with E-state index in [0.717, 1.165) is 12.3 Å². The van der Waals surface area contributed by atoms with Crippen molar-refractivity contribution in [3.63, 3.8) is 0 Å². The Morgan fingerprint density at radius 2 is 2.29 bits per heavy atom. The number of nitrogens with zero attached hydrogens (tertiary/aromatic N) is 3. The molecule has 1 aliphatic rings. The van der Waals surface area contributed by atoms with E-state index in [4.69, 9.17) is 5.11 Å². The third-order valence-electron chi connectivity index (χ3n) is 3.02. The van der Waals surface area contributed by atoms with Crippen molar-refractivity contribution >= 4 is 23.5 Å². The molecule has 0 aromatic carbocycles. The van der Waals surface area contributed by atoms with Crippen LogP contribution in [0.5, 0.6) is 0 Å². The first-order valence-corrected chi connectivity index (χ1v) is 6.58. The number of aromatic carboxylic acids is 1. The van der Waals surface area contributed by atoms with E-state index in [1.54, 1.807) is 6.20 Å². The lowest BCUT2D eigenvalue weighted by Gasteiger charge is -2.38. The van der Waals surface area contributed by atoms with Crippen molar-refractivity contribution < 1.29 is 9.90 Å². The highest BCUT2D eigenvalue weighted by atomic mass is 32.2. The lowest BCUT2D eigenvalue weighted by molar-refractivity contribution is 0.0690. The fraction of sp³-hybridized carbons (Fsp3) is 0.545. The highest BCUT2D eigenvalue weighted by Crippen LogP contribution is 2.27. The van der Waals surface area contributed by atoms with E-state index in [0.29, 0.717) is 17.1 Å². The van der Waals surface area contributed by atoms with Crippen molar-refractivity contribution in [2.75, 3.05) is 17.2 Å². The molecule has 0 radical (unpaired) electrons. The first-order chi connectivity index (χ1) is 8.09. The summed E-state index contributed by atoms with van der Waals surface area (Å²) < 4.78 is 0. The molecule has 92 valence electrons. The van der Waals surface area contributed by atoms with Gasteiger partial charge in [-0.15, -0.1) is 0 Å². The molecular formula is C11H15N3O2S. The topological polar surface area (TPSA) is 66.3 Å². The first-order valence-electron chi connectivity index (χ1n) is 5.53. The second-order valence-electron chi connectivity index (χ2n) is 4.08. The van der Waals surface area contributed by atoms with Gasteiger partial charge in [-0.3, -0.25) is 4.98 Å². The van der Waals surface area contributed by atoms with Crippen LogP contribution in [0.1, 0.15) is 24.3 Å². The predicted molar refractivity (Wildman–Crippen MR) is 67.7 cm³/mol. The molecule has 2 unspecified atom stereocenters. The summed E-state index contributed by atoms with van der Waals surface area (Å²) in [5.41, 5.74) is 0.000537. The molecule has 6 heteroatoms. The number of hydrogen-bond acceptors (Lipinski definition) is 5. The SMILES string of the molecule is CC1SCCN(c2cncc(C(=O)O)n2)C1C. The Kier molecular flexibility index (Phi) is 3.51. The van der Waals surface area contributed by atoms with Crippen LogP contribution in [-0.2, 0) is 0 Å². The number of hydrogen-bond donors (Lipinski definition) is 1. The van der Waals surface area contributed by atoms with Gasteiger partial charge in [-0.2, -0.15) is 11.8 Å². The standard InChI is InChI=1S/C11H15N3O2S/c1-7-8(2)17-4-3-14(7)10-6-12-5-9(13-10)11(15)16/h5-8H,3-4H2,1-2H3,(H,15,16). The summed E-state index contributed by atoms with van der Waals surface area (Å²) in [5.74, 6) is 0.654. The maximum absolute atomic E-state index is 10.9. The second kappa shape index (κ2) is 4.91. The molecule has 1 aliphatic heterocycles. The van der Waals surface area contributed by atoms with E-state index in [2.05, 4.69) is 28.7 Å². The number of rotatable bonds is 2. The Balaban J connectivity index is 2.26. The second-order valence-corrected chi connectivity index (χ2v) is 5.56. The van der Waals surface area contributed by atoms with Gasteiger partial charge in [0, 0.05) is 23.6 Å². The zero-order valence-electron chi connectivity index (χ0n) is 9.83. The highest BCUT2D eigenvalue weighted by molar-refractivity contribution is 8.00. The van der Waals surface area contributed by atoms with Crippen LogP contribution in [0.3, 0.4) is 0 Å². The number of carboxylic acid groups (broad SMARTS) is 1. The third kappa shape index (κ3) is 2.52. The van der Waals surface area contributed by atoms with Gasteiger partial charge < -0.3 is 10.0 Å². The number of anilines is 1. The molecule has 1 aromatic rings. The van der Waals surface area contributed by atoms with Crippen molar-refractivity contribution in [2.45, 2.75) is 25.1 Å². The van der Waals surface area contributed by atoms with Crippen molar-refractivity contribution in [1.82, 2.24) is 9.97 Å². The average molecular weight is 253 g/mol. The van der Waals surface area contributed by atoms with Crippen LogP contribution in [-0.4, -0.2) is 44.6 Å². The van der Waals surface area contributed by atoms with Gasteiger partial charge in [-0.25, -0.2) is 9.78 Å². The van der Waals surface area contributed by atoms with Crippen LogP contribution in [0.15, 0.2) is 12.4 Å². The molecule has 2 heterocycles. The highest BCUT2D eigenvalue weighted by Gasteiger charge is 2.26. The lowest BCUT2D eigenvalue weighted by atomic mass is 10.2. The van der Waals surface area contributed by atoms with Crippen molar-refractivity contribution in [1.29, 1.82) is 0 Å². The third-order valence-corrected chi connectivity index (χ3v) is 4.36. The molecule has 1 N–H and O–H groups in total. The average Bonchev–Trinajstić information content (AvgIpc) is 2.33. The van der Waals surface area contributed by atoms with E-state index in [9.17, 15) is 4.79 Å². The maximum atomic E-state index is 10.9. The monoisotopic (exact) mass is 253 g/mol. The van der Waals surface area contributed by atoms with E-state index in [1.165, 1.54) is 6.20 Å². The Labute approximate surface area is 104 Å². The van der Waals surface area contributed by atoms with Crippen LogP contribution in [0, 0.1) is 0 Å². The van der Waals surface area contributed by atoms with Gasteiger partial charge in [-0.05, 0) is 6.92 Å². The predicted octanol–water partition coefficient (Wildman–Crippen LogP) is 1.50. The molecule has 2 rings (SSSR count). The minimum atomic E-state index is -1.04. The van der Waals surface area contributed by atoms with Gasteiger partial charge in [0.15, 0.2) is 5.69 Å². The number of carboxylic acids is 1. The molecule has 0 bridgehead atoms. The Hall–Kier alpha value is -1.30. The normalized spacial score (nSPS) is 24.7. The number of aromatic nitrogens is 2. The molecule has 17 heavy (non-hydrogen) atoms. The molecule has 1 aromatic heterocycles. The Morgan fingerprint density at radius 3 is 3.00 bits per heavy atom. The van der Waals surface area contributed by atoms with Crippen LogP contribution >= 0.6 is 11.8 Å². The summed E-state index contributed by atoms with van der Waals surface area (Å²) in [5, 5.41) is 9.41. The summed E-state index contributed by atoms with van der Waals surface area (Å²) in [6.07, 6.45) is 2.91. The van der Waals surface area contributed by atoms with Crippen molar-refractivity contribution in [3.05, 3.63) is 18.1 Å². The molecule has 2 atom stereocenters. The van der Waals surface area contributed by atoms with Gasteiger partial charge in [0.05, 0.1) is 12.4 Å². The molecule has 0 amide bonds. The van der Waals surface area contributed by atoms with Gasteiger partial charge in [0.2, 0.25) is 0 Å². The van der Waals surface area contributed by atoms with Gasteiger partial charge in [0.25, 0.3) is 0 Å². The Morgan fingerprint density at radius 1 is 1.53 bits per heavy atom. The van der Waals surface area contributed by atoms with E-state index >= 15 is 0 Å². The largest absolute Gasteiger partial charge is 0.476 e. The van der Waals surface area contributed by atoms with E-state index < -0.39 is 5.97 Å². The summed E-state index contributed by atoms with van der Waals surface area (Å²) >= 11 is 1.93. The van der Waals surface area contributed by atoms with Crippen molar-refractivity contribution in [3.8, 4) is 0 Å². The summed E-state index contributed by atoms with van der Waals surface area (Å²) in [7, 11) is 0. The van der Waals surface area contributed by atoms with Crippen LogP contribution in [0.2, 0.25) is 0 Å². The van der Waals surface area contributed by atoms with E-state index in [-0.39, 0.29) is 5.69 Å². The minimum Gasteiger partial charge on any atom is -0.476 e. The molecule has 0 spiro atoms. The zero-order valence-corrected chi connectivity index (χ0v) is 10.6. The lowest BCUT2D eigenvalue weighted by Crippen LogP contribution is -2.45. The fourth-order valence-electron chi connectivity index (χ4n) is 1.85. The van der Waals surface area contributed by atoms with Gasteiger partial charge in [-0.1, -0.05) is 6.92 Å². The smallest absolute Gasteiger partial charge is 0.356 e. The number of carbonyl (C=O) groups is 1. The maximum Gasteiger partial charge on any atom is 0.356 e. The minimum absolute atomic E-state index is 0.000537. The summed E-state index contributed by atoms with van der Waals surface area (Å²) in [6.45, 7) is 5.19. The van der Waals surface area contributed by atoms with Gasteiger partial charge in [0.1, 0.15) is 5.82 Å². The summed E-state index contributed by atoms with van der Waals surface area (Å²) in [6, 6.07) is 0.340. The quantitative estimate of drug-likeness (QED) is 0.861. The van der Waals surface area contributed by atoms with Crippen LogP contribution < -0.4 is 4.90 Å². The molecule has 0 saturated carbocycles. The van der Waals surface area contributed by atoms with E-state index in [1.807, 2.05) is 11.8 Å². The zero-order chi connectivity index (χ0) is 12.4. The number of thioether (sulfide) groups is 1. The fourth-order valence-corrected chi connectivity index (χ4v) is 2.95. The van der Waals surface area contributed by atoms with Crippen molar-refractivity contribution in [2.24, 2.45) is 0 Å². The molecule has 1 saturated heterocycles.